The largest absolute Gasteiger partial charge is 0.473 e. The Morgan fingerprint density at radius 2 is 2.00 bits per heavy atom. The van der Waals surface area contributed by atoms with E-state index in [9.17, 15) is 10.1 Å². The fraction of sp³-hybridized carbons (Fsp3) is 0.600. The maximum Gasteiger partial charge on any atom is 0.372 e. The third-order valence-corrected chi connectivity index (χ3v) is 2.01. The molecule has 0 atom stereocenters. The van der Waals surface area contributed by atoms with Crippen LogP contribution in [0.3, 0.4) is 0 Å². The highest BCUT2D eigenvalue weighted by molar-refractivity contribution is 5.59. The lowest BCUT2D eigenvalue weighted by Crippen LogP contribution is -2.19. The molecule has 2 N–H and O–H groups in total. The van der Waals surface area contributed by atoms with Gasteiger partial charge in [0.05, 0.1) is 11.5 Å². The predicted octanol–water partition coefficient (Wildman–Crippen LogP) is 1.66. The molecule has 0 saturated carbocycles. The topological polar surface area (TPSA) is 104 Å². The molecule has 0 radical (unpaired) electrons. The Morgan fingerprint density at radius 1 is 1.41 bits per heavy atom. The van der Waals surface area contributed by atoms with Gasteiger partial charge >= 0.3 is 5.69 Å². The van der Waals surface area contributed by atoms with Crippen LogP contribution in [0.5, 0.6) is 5.88 Å². The Kier molecular flexibility index (Phi) is 3.50. The van der Waals surface area contributed by atoms with Crippen molar-refractivity contribution in [3.63, 3.8) is 0 Å². The summed E-state index contributed by atoms with van der Waals surface area (Å²) in [5, 5.41) is 10.8. The molecule has 0 aliphatic carbocycles. The molecule has 0 unspecified atom stereocenters. The first-order chi connectivity index (χ1) is 7.77. The smallest absolute Gasteiger partial charge is 0.372 e. The monoisotopic (exact) mass is 240 g/mol. The minimum atomic E-state index is -0.632. The molecule has 0 amide bonds. The molecule has 0 saturated heterocycles. The number of anilines is 1. The van der Waals surface area contributed by atoms with E-state index >= 15 is 0 Å². The molecule has 0 aliphatic heterocycles. The maximum atomic E-state index is 10.8. The van der Waals surface area contributed by atoms with Crippen LogP contribution in [0.4, 0.5) is 11.5 Å². The molecule has 0 aliphatic rings. The average molecular weight is 240 g/mol. The molecular formula is C10H16N4O3. The zero-order valence-corrected chi connectivity index (χ0v) is 10.4. The van der Waals surface area contributed by atoms with E-state index in [1.165, 1.54) is 0 Å². The molecule has 17 heavy (non-hydrogen) atoms. The van der Waals surface area contributed by atoms with Crippen molar-refractivity contribution < 1.29 is 9.66 Å². The third kappa shape index (κ3) is 2.80. The molecule has 7 nitrogen and oxygen atoms in total. The Morgan fingerprint density at radius 3 is 2.41 bits per heavy atom. The van der Waals surface area contributed by atoms with E-state index in [-0.39, 0.29) is 29.4 Å². The molecule has 0 fully saturated rings. The van der Waals surface area contributed by atoms with Crippen molar-refractivity contribution in [2.45, 2.75) is 33.1 Å². The van der Waals surface area contributed by atoms with E-state index in [0.717, 1.165) is 0 Å². The summed E-state index contributed by atoms with van der Waals surface area (Å²) in [7, 11) is 0. The highest BCUT2D eigenvalue weighted by Crippen LogP contribution is 2.32. The summed E-state index contributed by atoms with van der Waals surface area (Å²) in [6.45, 7) is 7.68. The number of nitro groups is 1. The second-order valence-corrected chi connectivity index (χ2v) is 4.53. The van der Waals surface area contributed by atoms with Gasteiger partial charge in [-0.2, -0.15) is 4.98 Å². The van der Waals surface area contributed by atoms with Gasteiger partial charge in [-0.15, -0.1) is 0 Å². The second kappa shape index (κ2) is 4.52. The molecule has 1 heterocycles. The molecule has 0 spiro atoms. The highest BCUT2D eigenvalue weighted by Gasteiger charge is 2.28. The summed E-state index contributed by atoms with van der Waals surface area (Å²) in [4.78, 5) is 18.2. The van der Waals surface area contributed by atoms with E-state index < -0.39 is 4.92 Å². The molecule has 1 aromatic heterocycles. The summed E-state index contributed by atoms with van der Waals surface area (Å²) in [6, 6.07) is 0. The Hall–Kier alpha value is -1.92. The summed E-state index contributed by atoms with van der Waals surface area (Å²) in [5.74, 6) is 0.178. The van der Waals surface area contributed by atoms with Gasteiger partial charge in [-0.25, -0.2) is 4.98 Å². The van der Waals surface area contributed by atoms with Gasteiger partial charge in [0.25, 0.3) is 5.88 Å². The van der Waals surface area contributed by atoms with E-state index in [2.05, 4.69) is 9.97 Å². The van der Waals surface area contributed by atoms with Crippen molar-refractivity contribution in [1.82, 2.24) is 9.97 Å². The lowest BCUT2D eigenvalue weighted by molar-refractivity contribution is -0.385. The number of ether oxygens (including phenoxy) is 1. The normalized spacial score (nSPS) is 11.3. The van der Waals surface area contributed by atoms with Gasteiger partial charge < -0.3 is 10.5 Å². The quantitative estimate of drug-likeness (QED) is 0.636. The van der Waals surface area contributed by atoms with E-state index in [1.54, 1.807) is 6.92 Å². The maximum absolute atomic E-state index is 10.8. The first-order valence-corrected chi connectivity index (χ1v) is 5.22. The van der Waals surface area contributed by atoms with Crippen molar-refractivity contribution in [3.05, 3.63) is 15.9 Å². The standard InChI is InChI=1S/C10H16N4O3/c1-5-17-8-6(14(15)16)7(11)12-9(13-8)10(2,3)4/h5H2,1-4H3,(H2,11,12,13). The summed E-state index contributed by atoms with van der Waals surface area (Å²) in [5.41, 5.74) is 4.85. The number of nitrogens with zero attached hydrogens (tertiary/aromatic N) is 3. The van der Waals surface area contributed by atoms with Gasteiger partial charge in [0.15, 0.2) is 0 Å². The summed E-state index contributed by atoms with van der Waals surface area (Å²) < 4.78 is 5.14. The zero-order valence-electron chi connectivity index (χ0n) is 10.4. The highest BCUT2D eigenvalue weighted by atomic mass is 16.6. The van der Waals surface area contributed by atoms with Gasteiger partial charge in [-0.1, -0.05) is 20.8 Å². The lowest BCUT2D eigenvalue weighted by atomic mass is 9.96. The van der Waals surface area contributed by atoms with Gasteiger partial charge in [-0.3, -0.25) is 10.1 Å². The fourth-order valence-electron chi connectivity index (χ4n) is 1.20. The minimum Gasteiger partial charge on any atom is -0.473 e. The summed E-state index contributed by atoms with van der Waals surface area (Å²) >= 11 is 0. The Bertz CT molecular complexity index is 440. The Labute approximate surface area is 99.2 Å². The van der Waals surface area contributed by atoms with Crippen molar-refractivity contribution >= 4 is 11.5 Å². The van der Waals surface area contributed by atoms with Crippen molar-refractivity contribution in [2.75, 3.05) is 12.3 Å². The molecular weight excluding hydrogens is 224 g/mol. The van der Waals surface area contributed by atoms with E-state index in [4.69, 9.17) is 10.5 Å². The Balaban J connectivity index is 3.41. The van der Waals surface area contributed by atoms with Crippen LogP contribution in [0.25, 0.3) is 0 Å². The van der Waals surface area contributed by atoms with Crippen molar-refractivity contribution in [3.8, 4) is 5.88 Å². The summed E-state index contributed by atoms with van der Waals surface area (Å²) in [6.07, 6.45) is 0. The van der Waals surface area contributed by atoms with Gasteiger partial charge in [0, 0.05) is 5.41 Å². The molecule has 0 bridgehead atoms. The second-order valence-electron chi connectivity index (χ2n) is 4.53. The van der Waals surface area contributed by atoms with Crippen LogP contribution in [0.1, 0.15) is 33.5 Å². The first-order valence-electron chi connectivity index (χ1n) is 5.22. The van der Waals surface area contributed by atoms with Crippen molar-refractivity contribution in [2.24, 2.45) is 0 Å². The van der Waals surface area contributed by atoms with Crippen LogP contribution in [0.15, 0.2) is 0 Å². The number of aromatic nitrogens is 2. The van der Waals surface area contributed by atoms with Gasteiger partial charge in [-0.05, 0) is 6.92 Å². The number of nitrogen functional groups attached to an aromatic ring is 1. The number of hydrogen-bond acceptors (Lipinski definition) is 6. The van der Waals surface area contributed by atoms with Gasteiger partial charge in [0.1, 0.15) is 5.82 Å². The third-order valence-electron chi connectivity index (χ3n) is 2.01. The van der Waals surface area contributed by atoms with Crippen LogP contribution in [-0.4, -0.2) is 21.5 Å². The molecule has 94 valence electrons. The SMILES string of the molecule is CCOc1nc(C(C)(C)C)nc(N)c1[N+](=O)[O-]. The average Bonchev–Trinajstić information content (AvgIpc) is 2.15. The number of hydrogen-bond donors (Lipinski definition) is 1. The van der Waals surface area contributed by atoms with E-state index in [1.807, 2.05) is 20.8 Å². The van der Waals surface area contributed by atoms with Crippen LogP contribution < -0.4 is 10.5 Å². The van der Waals surface area contributed by atoms with Crippen LogP contribution in [0.2, 0.25) is 0 Å². The van der Waals surface area contributed by atoms with Crippen LogP contribution in [0, 0.1) is 10.1 Å². The lowest BCUT2D eigenvalue weighted by Gasteiger charge is -2.17. The predicted molar refractivity (Wildman–Crippen MR) is 63.0 cm³/mol. The molecule has 1 aromatic rings. The van der Waals surface area contributed by atoms with E-state index in [0.29, 0.717) is 5.82 Å². The number of rotatable bonds is 3. The van der Waals surface area contributed by atoms with Crippen LogP contribution >= 0.6 is 0 Å². The zero-order chi connectivity index (χ0) is 13.2. The molecule has 7 heteroatoms. The van der Waals surface area contributed by atoms with Crippen molar-refractivity contribution in [1.29, 1.82) is 0 Å². The molecule has 0 aromatic carbocycles. The van der Waals surface area contributed by atoms with Gasteiger partial charge in [0.2, 0.25) is 5.82 Å². The fourth-order valence-corrected chi connectivity index (χ4v) is 1.20. The first kappa shape index (κ1) is 13.1. The molecule has 1 rings (SSSR count). The van der Waals surface area contributed by atoms with Crippen LogP contribution in [-0.2, 0) is 5.41 Å². The minimum absolute atomic E-state index is 0.0741. The number of nitrogens with two attached hydrogens (primary N) is 1.